The van der Waals surface area contributed by atoms with Crippen LogP contribution in [0.25, 0.3) is 0 Å². The monoisotopic (exact) mass is 278 g/mol. The minimum atomic E-state index is 0.595. The Morgan fingerprint density at radius 1 is 1.00 bits per heavy atom. The van der Waals surface area contributed by atoms with Gasteiger partial charge in [-0.05, 0) is 54.8 Å². The predicted octanol–water partition coefficient (Wildman–Crippen LogP) is 6.86. The summed E-state index contributed by atoms with van der Waals surface area (Å²) in [5, 5.41) is 0. The van der Waals surface area contributed by atoms with Crippen molar-refractivity contribution in [2.24, 2.45) is 29.1 Å². The Hall–Kier alpha value is -0.260. The van der Waals surface area contributed by atoms with Crippen molar-refractivity contribution < 1.29 is 0 Å². The molecule has 0 aromatic carbocycles. The molecule has 1 aliphatic rings. The molecule has 0 aromatic rings. The highest BCUT2D eigenvalue weighted by molar-refractivity contribution is 5.32. The summed E-state index contributed by atoms with van der Waals surface area (Å²) in [4.78, 5) is 0. The quantitative estimate of drug-likeness (QED) is 0.404. The van der Waals surface area contributed by atoms with Crippen LogP contribution in [0.2, 0.25) is 0 Å². The first kappa shape index (κ1) is 17.8. The van der Waals surface area contributed by atoms with Crippen LogP contribution in [-0.4, -0.2) is 0 Å². The first-order valence-electron chi connectivity index (χ1n) is 9.15. The highest BCUT2D eigenvalue weighted by atomic mass is 14.5. The fourth-order valence-electron chi connectivity index (χ4n) is 4.41. The molecule has 5 atom stereocenters. The van der Waals surface area contributed by atoms with Crippen LogP contribution in [0.4, 0.5) is 0 Å². The Kier molecular flexibility index (Phi) is 6.82. The highest BCUT2D eigenvalue weighted by Crippen LogP contribution is 2.59. The summed E-state index contributed by atoms with van der Waals surface area (Å²) in [7, 11) is 0. The molecule has 1 saturated carbocycles. The average Bonchev–Trinajstić information content (AvgIpc) is 3.12. The van der Waals surface area contributed by atoms with Crippen LogP contribution in [0, 0.1) is 29.1 Å². The third kappa shape index (κ3) is 3.89. The first-order valence-corrected chi connectivity index (χ1v) is 9.15. The van der Waals surface area contributed by atoms with E-state index in [4.69, 9.17) is 0 Å². The molecule has 0 saturated heterocycles. The van der Waals surface area contributed by atoms with Gasteiger partial charge in [-0.3, -0.25) is 0 Å². The lowest BCUT2D eigenvalue weighted by molar-refractivity contribution is 0.159. The summed E-state index contributed by atoms with van der Waals surface area (Å²) >= 11 is 0. The molecule has 1 fully saturated rings. The second kappa shape index (κ2) is 7.66. The molecule has 1 aliphatic carbocycles. The minimum Gasteiger partial charge on any atom is -0.0850 e. The van der Waals surface area contributed by atoms with Crippen LogP contribution in [0.15, 0.2) is 11.6 Å². The van der Waals surface area contributed by atoms with Crippen molar-refractivity contribution in [1.82, 2.24) is 0 Å². The second-order valence-electron chi connectivity index (χ2n) is 7.45. The van der Waals surface area contributed by atoms with Crippen LogP contribution in [0.1, 0.15) is 87.0 Å². The molecule has 0 N–H and O–H groups in total. The van der Waals surface area contributed by atoms with E-state index in [2.05, 4.69) is 54.5 Å². The minimum absolute atomic E-state index is 0.595. The fraction of sp³-hybridized carbons (Fsp3) is 0.900. The van der Waals surface area contributed by atoms with Gasteiger partial charge in [0.05, 0.1) is 0 Å². The lowest BCUT2D eigenvalue weighted by atomic mass is 9.71. The smallest absolute Gasteiger partial charge is 0.00504 e. The Morgan fingerprint density at radius 3 is 2.10 bits per heavy atom. The van der Waals surface area contributed by atoms with E-state index in [1.165, 1.54) is 38.5 Å². The predicted molar refractivity (Wildman–Crippen MR) is 91.9 cm³/mol. The Balaban J connectivity index is 2.68. The zero-order valence-corrected chi connectivity index (χ0v) is 15.1. The van der Waals surface area contributed by atoms with Gasteiger partial charge in [0.1, 0.15) is 0 Å². The molecule has 0 nitrogen and oxygen atoms in total. The molecule has 1 rings (SSSR count). The van der Waals surface area contributed by atoms with Gasteiger partial charge in [0.2, 0.25) is 0 Å². The lowest BCUT2D eigenvalue weighted by Crippen LogP contribution is -2.26. The normalized spacial score (nSPS) is 30.1. The first-order chi connectivity index (χ1) is 9.45. The number of hydrogen-bond acceptors (Lipinski definition) is 0. The molecule has 118 valence electrons. The fourth-order valence-corrected chi connectivity index (χ4v) is 4.41. The summed E-state index contributed by atoms with van der Waals surface area (Å²) in [6, 6.07) is 0. The van der Waals surface area contributed by atoms with Gasteiger partial charge in [-0.1, -0.05) is 73.0 Å². The summed E-state index contributed by atoms with van der Waals surface area (Å²) in [6.45, 7) is 16.9. The van der Waals surface area contributed by atoms with Crippen LogP contribution >= 0.6 is 0 Å². The van der Waals surface area contributed by atoms with E-state index in [9.17, 15) is 0 Å². The van der Waals surface area contributed by atoms with Gasteiger partial charge in [0.15, 0.2) is 0 Å². The molecule has 0 heterocycles. The molecule has 0 aromatic heterocycles. The third-order valence-corrected chi connectivity index (χ3v) is 6.34. The number of rotatable bonds is 9. The van der Waals surface area contributed by atoms with Crippen molar-refractivity contribution in [2.45, 2.75) is 87.0 Å². The van der Waals surface area contributed by atoms with E-state index in [0.717, 1.165) is 23.7 Å². The molecule has 0 heteroatoms. The van der Waals surface area contributed by atoms with Gasteiger partial charge in [-0.2, -0.15) is 0 Å². The molecule has 0 bridgehead atoms. The molecule has 20 heavy (non-hydrogen) atoms. The maximum Gasteiger partial charge on any atom is -0.00504 e. The third-order valence-electron chi connectivity index (χ3n) is 6.34. The molecular weight excluding hydrogens is 240 g/mol. The Bertz CT molecular complexity index is 314. The van der Waals surface area contributed by atoms with E-state index < -0.39 is 0 Å². The van der Waals surface area contributed by atoms with Crippen molar-refractivity contribution in [3.8, 4) is 0 Å². The molecule has 0 aliphatic heterocycles. The highest BCUT2D eigenvalue weighted by Gasteiger charge is 2.47. The summed E-state index contributed by atoms with van der Waals surface area (Å²) < 4.78 is 0. The second-order valence-corrected chi connectivity index (χ2v) is 7.45. The summed E-state index contributed by atoms with van der Waals surface area (Å²) in [5.41, 5.74) is 2.36. The van der Waals surface area contributed by atoms with Crippen molar-refractivity contribution in [3.05, 3.63) is 11.6 Å². The maximum atomic E-state index is 2.52. The largest absolute Gasteiger partial charge is 0.0850 e. The molecule has 0 radical (unpaired) electrons. The SMILES string of the molecule is CCC=C1CC1(CC)CC(C)C(CC)C(C)C(C)CC. The van der Waals surface area contributed by atoms with Crippen molar-refractivity contribution in [1.29, 1.82) is 0 Å². The van der Waals surface area contributed by atoms with Gasteiger partial charge in [-0.25, -0.2) is 0 Å². The Morgan fingerprint density at radius 2 is 1.65 bits per heavy atom. The van der Waals surface area contributed by atoms with E-state index in [-0.39, 0.29) is 0 Å². The maximum absolute atomic E-state index is 2.52. The standard InChI is InChI=1S/C20H38/c1-8-12-18-14-20(18,11-4)13-16(6)19(10-3)17(7)15(5)9-2/h12,15-17,19H,8-11,13-14H2,1-7H3. The molecule has 0 amide bonds. The van der Waals surface area contributed by atoms with Crippen LogP contribution in [0.5, 0.6) is 0 Å². The topological polar surface area (TPSA) is 0 Å². The van der Waals surface area contributed by atoms with Gasteiger partial charge < -0.3 is 0 Å². The number of hydrogen-bond donors (Lipinski definition) is 0. The lowest BCUT2D eigenvalue weighted by Gasteiger charge is -2.34. The van der Waals surface area contributed by atoms with Gasteiger partial charge in [0, 0.05) is 0 Å². The molecule has 0 spiro atoms. The Labute approximate surface area is 128 Å². The molecular formula is C20H38. The van der Waals surface area contributed by atoms with E-state index >= 15 is 0 Å². The number of allylic oxidation sites excluding steroid dienone is 2. The van der Waals surface area contributed by atoms with E-state index in [1.807, 2.05) is 0 Å². The summed E-state index contributed by atoms with van der Waals surface area (Å²) in [6.07, 6.45) is 10.5. The van der Waals surface area contributed by atoms with E-state index in [0.29, 0.717) is 5.41 Å². The van der Waals surface area contributed by atoms with Crippen LogP contribution in [0.3, 0.4) is 0 Å². The van der Waals surface area contributed by atoms with E-state index in [1.54, 1.807) is 5.57 Å². The molecule has 5 unspecified atom stereocenters. The van der Waals surface area contributed by atoms with Gasteiger partial charge >= 0.3 is 0 Å². The zero-order chi connectivity index (χ0) is 15.3. The van der Waals surface area contributed by atoms with Gasteiger partial charge in [0.25, 0.3) is 0 Å². The average molecular weight is 279 g/mol. The van der Waals surface area contributed by atoms with Crippen LogP contribution in [-0.2, 0) is 0 Å². The van der Waals surface area contributed by atoms with Crippen molar-refractivity contribution in [2.75, 3.05) is 0 Å². The van der Waals surface area contributed by atoms with Crippen molar-refractivity contribution >= 4 is 0 Å². The van der Waals surface area contributed by atoms with Crippen molar-refractivity contribution in [3.63, 3.8) is 0 Å². The van der Waals surface area contributed by atoms with Gasteiger partial charge in [-0.15, -0.1) is 0 Å². The summed E-state index contributed by atoms with van der Waals surface area (Å²) in [5.74, 6) is 3.50. The van der Waals surface area contributed by atoms with Crippen LogP contribution < -0.4 is 0 Å². The zero-order valence-electron chi connectivity index (χ0n) is 15.1.